The molecule has 0 unspecified atom stereocenters. The fourth-order valence-electron chi connectivity index (χ4n) is 1.21. The number of benzene rings is 2. The highest BCUT2D eigenvalue weighted by Crippen LogP contribution is 2.27. The smallest absolute Gasteiger partial charge is 0.0617 e. The molecule has 0 aromatic heterocycles. The van der Waals surface area contributed by atoms with Crippen LogP contribution < -0.4 is 0 Å². The summed E-state index contributed by atoms with van der Waals surface area (Å²) in [6.07, 6.45) is 0. The van der Waals surface area contributed by atoms with E-state index in [9.17, 15) is 0 Å². The second-order valence-corrected chi connectivity index (χ2v) is 4.12. The van der Waals surface area contributed by atoms with Gasteiger partial charge in [0, 0.05) is 8.96 Å². The zero-order chi connectivity index (χ0) is 8.55. The first kappa shape index (κ1) is 8.32. The van der Waals surface area contributed by atoms with Gasteiger partial charge in [0.2, 0.25) is 0 Å². The van der Waals surface area contributed by atoms with Crippen molar-refractivity contribution in [3.8, 4) is 0 Å². The van der Waals surface area contributed by atoms with Gasteiger partial charge in [0.25, 0.3) is 0 Å². The zero-order valence-electron chi connectivity index (χ0n) is 6.22. The molecule has 0 amide bonds. The van der Waals surface area contributed by atoms with E-state index in [1.54, 1.807) is 0 Å². The maximum atomic E-state index is 6.12. The Morgan fingerprint density at radius 2 is 1.75 bits per heavy atom. The number of hydrogen-bond acceptors (Lipinski definition) is 0. The van der Waals surface area contributed by atoms with E-state index in [1.165, 1.54) is 5.39 Å². The van der Waals surface area contributed by atoms with Crippen molar-refractivity contribution in [2.75, 3.05) is 0 Å². The van der Waals surface area contributed by atoms with Crippen molar-refractivity contribution < 1.29 is 0 Å². The van der Waals surface area contributed by atoms with Crippen LogP contribution in [-0.4, -0.2) is 0 Å². The predicted octanol–water partition coefficient (Wildman–Crippen LogP) is 4.10. The lowest BCUT2D eigenvalue weighted by atomic mass is 10.1. The second-order valence-electron chi connectivity index (χ2n) is 2.58. The van der Waals surface area contributed by atoms with E-state index >= 15 is 0 Å². The molecule has 0 bridgehead atoms. The maximum Gasteiger partial charge on any atom is 0.0617 e. The van der Waals surface area contributed by atoms with Crippen molar-refractivity contribution >= 4 is 45.0 Å². The van der Waals surface area contributed by atoms with Crippen molar-refractivity contribution in [1.29, 1.82) is 0 Å². The molecule has 2 aromatic carbocycles. The first-order valence-corrected chi connectivity index (χ1v) is 5.07. The van der Waals surface area contributed by atoms with Gasteiger partial charge in [-0.25, -0.2) is 0 Å². The van der Waals surface area contributed by atoms with Gasteiger partial charge in [-0.15, -0.1) is 0 Å². The molecule has 0 heterocycles. The van der Waals surface area contributed by atoms with Crippen molar-refractivity contribution in [3.05, 3.63) is 45.0 Å². The summed E-state index contributed by atoms with van der Waals surface area (Å²) in [7, 11) is 0. The Kier molecular flexibility index (Phi) is 2.24. The van der Waals surface area contributed by atoms with Gasteiger partial charge in [-0.2, -0.15) is 0 Å². The maximum absolute atomic E-state index is 6.12. The summed E-state index contributed by atoms with van der Waals surface area (Å²) in [5.74, 6) is 0. The first-order chi connectivity index (χ1) is 5.79. The standard InChI is InChI=1S/C10H6ClI/c11-10-8-4-2-1-3-7(8)5-6-9(10)12/h1-6H. The molecule has 2 heteroatoms. The van der Waals surface area contributed by atoms with E-state index in [1.807, 2.05) is 24.3 Å². The van der Waals surface area contributed by atoms with E-state index in [0.717, 1.165) is 14.0 Å². The highest BCUT2D eigenvalue weighted by Gasteiger charge is 2.00. The Morgan fingerprint density at radius 3 is 2.58 bits per heavy atom. The molecule has 2 aromatic rings. The van der Waals surface area contributed by atoms with Gasteiger partial charge < -0.3 is 0 Å². The Labute approximate surface area is 89.7 Å². The number of fused-ring (bicyclic) bond motifs is 1. The van der Waals surface area contributed by atoms with E-state index < -0.39 is 0 Å². The van der Waals surface area contributed by atoms with Crippen LogP contribution in [-0.2, 0) is 0 Å². The van der Waals surface area contributed by atoms with Gasteiger partial charge in [0.05, 0.1) is 5.02 Å². The van der Waals surface area contributed by atoms with Crippen LogP contribution in [0.1, 0.15) is 0 Å². The van der Waals surface area contributed by atoms with Gasteiger partial charge in [0.1, 0.15) is 0 Å². The van der Waals surface area contributed by atoms with Crippen LogP contribution >= 0.6 is 34.2 Å². The minimum Gasteiger partial charge on any atom is -0.0825 e. The molecule has 0 aliphatic carbocycles. The largest absolute Gasteiger partial charge is 0.0825 e. The molecule has 0 nitrogen and oxygen atoms in total. The molecule has 60 valence electrons. The van der Waals surface area contributed by atoms with E-state index in [4.69, 9.17) is 11.6 Å². The van der Waals surface area contributed by atoms with E-state index in [-0.39, 0.29) is 0 Å². The third-order valence-corrected chi connectivity index (χ3v) is 3.44. The van der Waals surface area contributed by atoms with Crippen molar-refractivity contribution in [2.45, 2.75) is 0 Å². The molecule has 0 aliphatic heterocycles. The monoisotopic (exact) mass is 288 g/mol. The Hall–Kier alpha value is -0.280. The molecular weight excluding hydrogens is 282 g/mol. The van der Waals surface area contributed by atoms with Crippen molar-refractivity contribution in [2.24, 2.45) is 0 Å². The van der Waals surface area contributed by atoms with Crippen LogP contribution in [0.4, 0.5) is 0 Å². The van der Waals surface area contributed by atoms with Crippen LogP contribution in [0.5, 0.6) is 0 Å². The number of hydrogen-bond donors (Lipinski definition) is 0. The summed E-state index contributed by atoms with van der Waals surface area (Å²) in [6, 6.07) is 12.3. The number of halogens is 2. The Balaban J connectivity index is 2.91. The molecule has 2 rings (SSSR count). The van der Waals surface area contributed by atoms with Crippen LogP contribution in [0.3, 0.4) is 0 Å². The highest BCUT2D eigenvalue weighted by atomic mass is 127. The topological polar surface area (TPSA) is 0 Å². The summed E-state index contributed by atoms with van der Waals surface area (Å²) >= 11 is 8.36. The normalized spacial score (nSPS) is 10.5. The number of rotatable bonds is 0. The summed E-state index contributed by atoms with van der Waals surface area (Å²) in [4.78, 5) is 0. The summed E-state index contributed by atoms with van der Waals surface area (Å²) in [5.41, 5.74) is 0. The van der Waals surface area contributed by atoms with Gasteiger partial charge in [0.15, 0.2) is 0 Å². The fraction of sp³-hybridized carbons (Fsp3) is 0. The fourth-order valence-corrected chi connectivity index (χ4v) is 1.91. The Morgan fingerprint density at radius 1 is 1.00 bits per heavy atom. The third-order valence-electron chi connectivity index (χ3n) is 1.82. The summed E-state index contributed by atoms with van der Waals surface area (Å²) in [5, 5.41) is 3.18. The Bertz CT molecular complexity index is 423. The molecular formula is C10H6ClI. The highest BCUT2D eigenvalue weighted by molar-refractivity contribution is 14.1. The second kappa shape index (κ2) is 3.23. The molecule has 12 heavy (non-hydrogen) atoms. The zero-order valence-corrected chi connectivity index (χ0v) is 9.13. The molecule has 0 aliphatic rings. The van der Waals surface area contributed by atoms with Crippen molar-refractivity contribution in [1.82, 2.24) is 0 Å². The SMILES string of the molecule is Clc1c(I)ccc2ccccc12. The average molecular weight is 289 g/mol. The van der Waals surface area contributed by atoms with Gasteiger partial charge in [-0.1, -0.05) is 41.9 Å². The van der Waals surface area contributed by atoms with Crippen LogP contribution in [0.25, 0.3) is 10.8 Å². The minimum absolute atomic E-state index is 0.855. The average Bonchev–Trinajstić information content (AvgIpc) is 2.12. The molecule has 0 spiro atoms. The first-order valence-electron chi connectivity index (χ1n) is 3.62. The van der Waals surface area contributed by atoms with E-state index in [0.29, 0.717) is 0 Å². The van der Waals surface area contributed by atoms with Gasteiger partial charge in [-0.3, -0.25) is 0 Å². The quantitative estimate of drug-likeness (QED) is 0.640. The van der Waals surface area contributed by atoms with Crippen LogP contribution in [0.2, 0.25) is 5.02 Å². The van der Waals surface area contributed by atoms with Crippen LogP contribution in [0.15, 0.2) is 36.4 Å². The lowest BCUT2D eigenvalue weighted by Crippen LogP contribution is -1.77. The molecule has 0 saturated heterocycles. The third kappa shape index (κ3) is 1.31. The van der Waals surface area contributed by atoms with Crippen molar-refractivity contribution in [3.63, 3.8) is 0 Å². The molecule has 0 radical (unpaired) electrons. The lowest BCUT2D eigenvalue weighted by molar-refractivity contribution is 1.70. The molecule has 0 atom stereocenters. The van der Waals surface area contributed by atoms with Crippen LogP contribution in [0, 0.1) is 3.57 Å². The lowest BCUT2D eigenvalue weighted by Gasteiger charge is -2.01. The predicted molar refractivity (Wildman–Crippen MR) is 61.7 cm³/mol. The van der Waals surface area contributed by atoms with E-state index in [2.05, 4.69) is 34.7 Å². The molecule has 0 fully saturated rings. The van der Waals surface area contributed by atoms with Gasteiger partial charge in [-0.05, 0) is 34.0 Å². The summed E-state index contributed by atoms with van der Waals surface area (Å²) < 4.78 is 1.10. The van der Waals surface area contributed by atoms with Gasteiger partial charge >= 0.3 is 0 Å². The minimum atomic E-state index is 0.855. The summed E-state index contributed by atoms with van der Waals surface area (Å²) in [6.45, 7) is 0. The molecule has 0 saturated carbocycles. The molecule has 0 N–H and O–H groups in total.